The fourth-order valence-corrected chi connectivity index (χ4v) is 2.28. The molecule has 0 aliphatic carbocycles. The Balaban J connectivity index is 2.91. The van der Waals surface area contributed by atoms with Crippen LogP contribution in [0.2, 0.25) is 5.02 Å². The second-order valence-corrected chi connectivity index (χ2v) is 4.91. The molecule has 0 aliphatic rings. The summed E-state index contributed by atoms with van der Waals surface area (Å²) in [4.78, 5) is 11.3. The van der Waals surface area contributed by atoms with Crippen molar-refractivity contribution in [3.05, 3.63) is 34.9 Å². The van der Waals surface area contributed by atoms with Crippen LogP contribution in [0.5, 0.6) is 0 Å². The van der Waals surface area contributed by atoms with E-state index in [4.69, 9.17) is 17.3 Å². The zero-order valence-corrected chi connectivity index (χ0v) is 11.8. The summed E-state index contributed by atoms with van der Waals surface area (Å²) in [5, 5.41) is 3.62. The Morgan fingerprint density at radius 2 is 1.83 bits per heavy atom. The first-order valence-electron chi connectivity index (χ1n) is 6.30. The molecule has 1 aromatic rings. The van der Waals surface area contributed by atoms with Gasteiger partial charge in [0.25, 0.3) is 0 Å². The smallest absolute Gasteiger partial charge is 0.233 e. The summed E-state index contributed by atoms with van der Waals surface area (Å²) in [6, 6.07) is 7.84. The number of rotatable bonds is 6. The van der Waals surface area contributed by atoms with E-state index in [1.165, 1.54) is 5.56 Å². The number of amides is 1. The molecule has 0 unspecified atom stereocenters. The molecule has 4 heteroatoms. The number of hydrogen-bond donors (Lipinski definition) is 2. The summed E-state index contributed by atoms with van der Waals surface area (Å²) in [6.07, 6.45) is 1.91. The van der Waals surface area contributed by atoms with Crippen LogP contribution in [0.3, 0.4) is 0 Å². The third-order valence-electron chi connectivity index (χ3n) is 3.62. The minimum Gasteiger partial charge on any atom is -0.354 e. The van der Waals surface area contributed by atoms with Crippen molar-refractivity contribution >= 4 is 17.5 Å². The second kappa shape index (κ2) is 6.76. The van der Waals surface area contributed by atoms with Crippen molar-refractivity contribution in [1.29, 1.82) is 0 Å². The van der Waals surface area contributed by atoms with Gasteiger partial charge in [0.1, 0.15) is 0 Å². The number of carbonyl (C=O) groups excluding carboxylic acids is 1. The highest BCUT2D eigenvalue weighted by atomic mass is 35.5. The third kappa shape index (κ3) is 3.47. The number of halogens is 1. The zero-order valence-electron chi connectivity index (χ0n) is 11.0. The molecule has 1 rings (SSSR count). The lowest BCUT2D eigenvalue weighted by atomic mass is 9.76. The molecule has 0 heterocycles. The summed E-state index contributed by atoms with van der Waals surface area (Å²) < 4.78 is 0. The highest BCUT2D eigenvalue weighted by Crippen LogP contribution is 2.31. The second-order valence-electron chi connectivity index (χ2n) is 4.48. The van der Waals surface area contributed by atoms with Gasteiger partial charge in [-0.3, -0.25) is 4.79 Å². The predicted molar refractivity (Wildman–Crippen MR) is 75.8 cm³/mol. The molecule has 0 bridgehead atoms. The van der Waals surface area contributed by atoms with E-state index in [1.54, 1.807) is 0 Å². The Morgan fingerprint density at radius 3 is 2.28 bits per heavy atom. The van der Waals surface area contributed by atoms with Crippen LogP contribution in [0, 0.1) is 0 Å². The summed E-state index contributed by atoms with van der Waals surface area (Å²) in [6.45, 7) is 4.90. The van der Waals surface area contributed by atoms with Gasteiger partial charge in [-0.15, -0.1) is 0 Å². The van der Waals surface area contributed by atoms with Crippen LogP contribution in [0.4, 0.5) is 0 Å². The molecule has 100 valence electrons. The average molecular weight is 269 g/mol. The van der Waals surface area contributed by atoms with Crippen LogP contribution in [0.1, 0.15) is 32.3 Å². The molecule has 1 aromatic carbocycles. The van der Waals surface area contributed by atoms with E-state index in [0.29, 0.717) is 6.54 Å². The van der Waals surface area contributed by atoms with E-state index in [1.807, 2.05) is 24.3 Å². The van der Waals surface area contributed by atoms with Crippen LogP contribution in [-0.2, 0) is 10.2 Å². The van der Waals surface area contributed by atoms with Crippen molar-refractivity contribution in [3.8, 4) is 0 Å². The van der Waals surface area contributed by atoms with Gasteiger partial charge in [0, 0.05) is 17.0 Å². The lowest BCUT2D eigenvalue weighted by Crippen LogP contribution is -2.42. The van der Waals surface area contributed by atoms with Gasteiger partial charge in [0.2, 0.25) is 5.91 Å². The van der Waals surface area contributed by atoms with Crippen molar-refractivity contribution in [3.63, 3.8) is 0 Å². The fourth-order valence-electron chi connectivity index (χ4n) is 2.15. The maximum Gasteiger partial charge on any atom is 0.233 e. The number of hydrogen-bond acceptors (Lipinski definition) is 2. The molecule has 0 aromatic heterocycles. The number of carbonyl (C=O) groups is 1. The first-order chi connectivity index (χ1) is 8.57. The standard InChI is InChI=1S/C14H21ClN2O/c1-3-14(4-2,10-17-13(18)9-16)11-5-7-12(15)8-6-11/h5-8H,3-4,9-10,16H2,1-2H3,(H,17,18). The van der Waals surface area contributed by atoms with Gasteiger partial charge >= 0.3 is 0 Å². The van der Waals surface area contributed by atoms with Gasteiger partial charge in [-0.25, -0.2) is 0 Å². The fraction of sp³-hybridized carbons (Fsp3) is 0.500. The minimum atomic E-state index is -0.116. The van der Waals surface area contributed by atoms with Crippen LogP contribution < -0.4 is 11.1 Å². The maximum absolute atomic E-state index is 11.3. The van der Waals surface area contributed by atoms with E-state index < -0.39 is 0 Å². The molecule has 18 heavy (non-hydrogen) atoms. The molecule has 0 fully saturated rings. The van der Waals surface area contributed by atoms with E-state index in [0.717, 1.165) is 17.9 Å². The van der Waals surface area contributed by atoms with Crippen LogP contribution in [0.15, 0.2) is 24.3 Å². The number of benzene rings is 1. The lowest BCUT2D eigenvalue weighted by Gasteiger charge is -2.32. The quantitative estimate of drug-likeness (QED) is 0.833. The molecule has 3 nitrogen and oxygen atoms in total. The summed E-state index contributed by atoms with van der Waals surface area (Å²) in [5.74, 6) is -0.116. The molecule has 3 N–H and O–H groups in total. The van der Waals surface area contributed by atoms with E-state index in [2.05, 4.69) is 19.2 Å². The average Bonchev–Trinajstić information content (AvgIpc) is 2.41. The normalized spacial score (nSPS) is 11.3. The van der Waals surface area contributed by atoms with Crippen LogP contribution >= 0.6 is 11.6 Å². The Bertz CT molecular complexity index is 385. The highest BCUT2D eigenvalue weighted by molar-refractivity contribution is 6.30. The molecule has 0 saturated heterocycles. The Kier molecular flexibility index (Phi) is 5.63. The van der Waals surface area contributed by atoms with E-state index >= 15 is 0 Å². The van der Waals surface area contributed by atoms with Crippen molar-refractivity contribution in [2.45, 2.75) is 32.1 Å². The summed E-state index contributed by atoms with van der Waals surface area (Å²) in [7, 11) is 0. The van der Waals surface area contributed by atoms with Crippen molar-refractivity contribution in [2.75, 3.05) is 13.1 Å². The van der Waals surface area contributed by atoms with Gasteiger partial charge in [-0.05, 0) is 30.5 Å². The lowest BCUT2D eigenvalue weighted by molar-refractivity contribution is -0.120. The zero-order chi connectivity index (χ0) is 13.6. The minimum absolute atomic E-state index is 0.0319. The van der Waals surface area contributed by atoms with Crippen molar-refractivity contribution < 1.29 is 4.79 Å². The van der Waals surface area contributed by atoms with Gasteiger partial charge < -0.3 is 11.1 Å². The first kappa shape index (κ1) is 15.0. The largest absolute Gasteiger partial charge is 0.354 e. The summed E-state index contributed by atoms with van der Waals surface area (Å²) >= 11 is 5.91. The SMILES string of the molecule is CCC(CC)(CNC(=O)CN)c1ccc(Cl)cc1. The molecular weight excluding hydrogens is 248 g/mol. The molecule has 0 radical (unpaired) electrons. The maximum atomic E-state index is 11.3. The molecule has 0 atom stereocenters. The third-order valence-corrected chi connectivity index (χ3v) is 3.87. The Morgan fingerprint density at radius 1 is 1.28 bits per heavy atom. The molecule has 0 spiro atoms. The topological polar surface area (TPSA) is 55.1 Å². The Labute approximate surface area is 114 Å². The van der Waals surface area contributed by atoms with Gasteiger partial charge in [0.15, 0.2) is 0 Å². The van der Waals surface area contributed by atoms with Gasteiger partial charge in [0.05, 0.1) is 6.54 Å². The highest BCUT2D eigenvalue weighted by Gasteiger charge is 2.28. The number of nitrogens with one attached hydrogen (secondary N) is 1. The van der Waals surface area contributed by atoms with Crippen LogP contribution in [-0.4, -0.2) is 19.0 Å². The van der Waals surface area contributed by atoms with Gasteiger partial charge in [-0.1, -0.05) is 37.6 Å². The monoisotopic (exact) mass is 268 g/mol. The van der Waals surface area contributed by atoms with Crippen molar-refractivity contribution in [2.24, 2.45) is 5.73 Å². The predicted octanol–water partition coefficient (Wildman–Crippen LogP) is 2.47. The molecule has 0 saturated carbocycles. The first-order valence-corrected chi connectivity index (χ1v) is 6.68. The number of nitrogens with two attached hydrogens (primary N) is 1. The van der Waals surface area contributed by atoms with E-state index in [9.17, 15) is 4.79 Å². The summed E-state index contributed by atoms with van der Waals surface area (Å²) in [5.41, 5.74) is 6.47. The Hall–Kier alpha value is -1.06. The van der Waals surface area contributed by atoms with Gasteiger partial charge in [-0.2, -0.15) is 0 Å². The van der Waals surface area contributed by atoms with Crippen molar-refractivity contribution in [1.82, 2.24) is 5.32 Å². The molecule has 1 amide bonds. The van der Waals surface area contributed by atoms with E-state index in [-0.39, 0.29) is 17.9 Å². The molecule has 0 aliphatic heterocycles. The molecular formula is C14H21ClN2O. The van der Waals surface area contributed by atoms with Crippen LogP contribution in [0.25, 0.3) is 0 Å².